The predicted molar refractivity (Wildman–Crippen MR) is 164 cm³/mol. The third-order valence-electron chi connectivity index (χ3n) is 7.12. The van der Waals surface area contributed by atoms with Crippen LogP contribution in [0.1, 0.15) is 32.6 Å². The van der Waals surface area contributed by atoms with Gasteiger partial charge in [-0.05, 0) is 49.4 Å². The Hall–Kier alpha value is -4.56. The molecule has 1 fully saturated rings. The molecule has 0 unspecified atom stereocenters. The molecule has 2 aromatic carbocycles. The van der Waals surface area contributed by atoms with Crippen molar-refractivity contribution >= 4 is 23.2 Å². The molecular weight excluding hydrogens is 528 g/mol. The minimum absolute atomic E-state index is 0.172. The molecule has 4 aromatic rings. The van der Waals surface area contributed by atoms with Gasteiger partial charge in [-0.2, -0.15) is 5.10 Å². The summed E-state index contributed by atoms with van der Waals surface area (Å²) in [5.74, 6) is 6.55. The van der Waals surface area contributed by atoms with E-state index in [2.05, 4.69) is 66.5 Å². The van der Waals surface area contributed by atoms with Crippen molar-refractivity contribution in [3.05, 3.63) is 95.1 Å². The van der Waals surface area contributed by atoms with Crippen molar-refractivity contribution in [3.8, 4) is 11.8 Å². The Morgan fingerprint density at radius 1 is 0.976 bits per heavy atom. The number of ether oxygens (including phenoxy) is 1. The summed E-state index contributed by atoms with van der Waals surface area (Å²) in [4.78, 5) is 26.5. The summed E-state index contributed by atoms with van der Waals surface area (Å²) >= 11 is 0. The Morgan fingerprint density at radius 2 is 1.74 bits per heavy atom. The molecule has 1 amide bonds. The van der Waals surface area contributed by atoms with Crippen molar-refractivity contribution in [2.24, 2.45) is 0 Å². The van der Waals surface area contributed by atoms with Crippen molar-refractivity contribution < 1.29 is 9.53 Å². The van der Waals surface area contributed by atoms with E-state index in [0.29, 0.717) is 30.2 Å². The molecule has 0 radical (unpaired) electrons. The first-order valence-corrected chi connectivity index (χ1v) is 14.0. The molecule has 2 aromatic heterocycles. The number of hydrogen-bond donors (Lipinski definition) is 2. The zero-order valence-electron chi connectivity index (χ0n) is 24.3. The number of methoxy groups -OCH3 is 1. The molecule has 216 valence electrons. The minimum atomic E-state index is -0.172. The number of carbonyl (C=O) groups is 1. The van der Waals surface area contributed by atoms with Crippen molar-refractivity contribution in [2.75, 3.05) is 57.6 Å². The van der Waals surface area contributed by atoms with E-state index in [-0.39, 0.29) is 5.91 Å². The van der Waals surface area contributed by atoms with Gasteiger partial charge in [-0.3, -0.25) is 14.4 Å². The molecule has 0 saturated carbocycles. The number of aryl methyl sites for hydroxylation is 1. The van der Waals surface area contributed by atoms with Crippen molar-refractivity contribution in [1.82, 2.24) is 29.5 Å². The predicted octanol–water partition coefficient (Wildman–Crippen LogP) is 3.77. The second-order valence-corrected chi connectivity index (χ2v) is 10.4. The number of likely N-dealkylation sites (N-methyl/N-ethyl adjacent to an activating group) is 1. The summed E-state index contributed by atoms with van der Waals surface area (Å²) in [6.45, 7) is 8.49. The van der Waals surface area contributed by atoms with E-state index >= 15 is 0 Å². The Morgan fingerprint density at radius 3 is 2.48 bits per heavy atom. The van der Waals surface area contributed by atoms with Gasteiger partial charge in [-0.15, -0.1) is 0 Å². The summed E-state index contributed by atoms with van der Waals surface area (Å²) in [5, 5.41) is 10.4. The summed E-state index contributed by atoms with van der Waals surface area (Å²) in [6.07, 6.45) is 6.91. The molecule has 1 aliphatic heterocycles. The van der Waals surface area contributed by atoms with Crippen LogP contribution >= 0.6 is 0 Å². The topological polar surface area (TPSA) is 100 Å². The van der Waals surface area contributed by atoms with E-state index in [1.165, 1.54) is 5.56 Å². The maximum atomic E-state index is 13.0. The molecule has 5 rings (SSSR count). The van der Waals surface area contributed by atoms with Crippen molar-refractivity contribution in [2.45, 2.75) is 20.0 Å². The molecule has 1 aliphatic rings. The molecule has 10 nitrogen and oxygen atoms in total. The largest absolute Gasteiger partial charge is 0.383 e. The normalized spacial score (nSPS) is 13.8. The monoisotopic (exact) mass is 564 g/mol. The fraction of sp³-hybridized carbons (Fsp3) is 0.312. The first-order chi connectivity index (χ1) is 20.4. The Balaban J connectivity index is 1.18. The van der Waals surface area contributed by atoms with Crippen LogP contribution in [0.3, 0.4) is 0 Å². The van der Waals surface area contributed by atoms with Gasteiger partial charge in [0.15, 0.2) is 0 Å². The van der Waals surface area contributed by atoms with E-state index in [4.69, 9.17) is 4.74 Å². The summed E-state index contributed by atoms with van der Waals surface area (Å²) in [5.41, 5.74) is 5.77. The Bertz CT molecular complexity index is 1550. The minimum Gasteiger partial charge on any atom is -0.383 e. The first-order valence-electron chi connectivity index (χ1n) is 14.0. The van der Waals surface area contributed by atoms with Crippen LogP contribution in [-0.2, 0) is 17.8 Å². The van der Waals surface area contributed by atoms with Crippen LogP contribution in [0, 0.1) is 18.8 Å². The molecule has 0 spiro atoms. The third-order valence-corrected chi connectivity index (χ3v) is 7.12. The Kier molecular flexibility index (Phi) is 9.56. The highest BCUT2D eigenvalue weighted by Gasteiger charge is 2.14. The molecule has 2 N–H and O–H groups in total. The second kappa shape index (κ2) is 13.9. The fourth-order valence-corrected chi connectivity index (χ4v) is 4.52. The lowest BCUT2D eigenvalue weighted by molar-refractivity contribution is 0.102. The van der Waals surface area contributed by atoms with Crippen LogP contribution in [-0.4, -0.2) is 82.4 Å². The molecular formula is C32H36N8O2. The standard InChI is InChI=1S/C32H36N8O2/c1-24-4-8-28(31(41)36-29-10-6-25(7-11-29)22-39-14-12-38(2)13-15-39)18-27(24)9-5-26-19-33-32(34-20-26)37-30-21-35-40(23-30)16-17-42-3/h4,6-8,10-11,18-21,23H,12-17,22H2,1-3H3,(H,36,41)(H,33,34,37). The van der Waals surface area contributed by atoms with Gasteiger partial charge in [0.1, 0.15) is 0 Å². The quantitative estimate of drug-likeness (QED) is 0.297. The number of anilines is 3. The molecule has 0 bridgehead atoms. The van der Waals surface area contributed by atoms with Crippen LogP contribution in [0.4, 0.5) is 17.3 Å². The number of amides is 1. The second-order valence-electron chi connectivity index (χ2n) is 10.4. The number of nitrogens with one attached hydrogen (secondary N) is 2. The zero-order chi connectivity index (χ0) is 29.3. The van der Waals surface area contributed by atoms with Gasteiger partial charge >= 0.3 is 0 Å². The number of piperazine rings is 1. The van der Waals surface area contributed by atoms with Gasteiger partial charge in [0, 0.05) is 75.2 Å². The summed E-state index contributed by atoms with van der Waals surface area (Å²) in [7, 11) is 3.82. The summed E-state index contributed by atoms with van der Waals surface area (Å²) < 4.78 is 6.86. The number of nitrogens with zero attached hydrogens (tertiary/aromatic N) is 6. The average Bonchev–Trinajstić information content (AvgIpc) is 3.45. The van der Waals surface area contributed by atoms with Crippen LogP contribution in [0.5, 0.6) is 0 Å². The Labute approximate surface area is 246 Å². The van der Waals surface area contributed by atoms with Crippen molar-refractivity contribution in [3.63, 3.8) is 0 Å². The fourth-order valence-electron chi connectivity index (χ4n) is 4.52. The van der Waals surface area contributed by atoms with Crippen molar-refractivity contribution in [1.29, 1.82) is 0 Å². The van der Waals surface area contributed by atoms with Crippen LogP contribution in [0.15, 0.2) is 67.3 Å². The third kappa shape index (κ3) is 8.01. The highest BCUT2D eigenvalue weighted by molar-refractivity contribution is 6.04. The number of aromatic nitrogens is 4. The molecule has 3 heterocycles. The van der Waals surface area contributed by atoms with E-state index < -0.39 is 0 Å². The zero-order valence-corrected chi connectivity index (χ0v) is 24.3. The number of benzene rings is 2. The highest BCUT2D eigenvalue weighted by atomic mass is 16.5. The maximum Gasteiger partial charge on any atom is 0.255 e. The van der Waals surface area contributed by atoms with E-state index in [0.717, 1.165) is 55.2 Å². The van der Waals surface area contributed by atoms with Gasteiger partial charge in [-0.1, -0.05) is 30.0 Å². The SMILES string of the molecule is COCCn1cc(Nc2ncc(C#Cc3cc(C(=O)Nc4ccc(CN5CCN(C)CC5)cc4)ccc3C)cn2)cn1. The average molecular weight is 565 g/mol. The van der Waals surface area contributed by atoms with Gasteiger partial charge in [0.05, 0.1) is 30.6 Å². The molecule has 0 atom stereocenters. The van der Waals surface area contributed by atoms with Crippen LogP contribution in [0.2, 0.25) is 0 Å². The van der Waals surface area contributed by atoms with Crippen LogP contribution in [0.25, 0.3) is 0 Å². The molecule has 1 saturated heterocycles. The van der Waals surface area contributed by atoms with E-state index in [1.807, 2.05) is 43.5 Å². The highest BCUT2D eigenvalue weighted by Crippen LogP contribution is 2.16. The molecule has 42 heavy (non-hydrogen) atoms. The lowest BCUT2D eigenvalue weighted by Crippen LogP contribution is -2.43. The maximum absolute atomic E-state index is 13.0. The van der Waals surface area contributed by atoms with Gasteiger partial charge in [0.2, 0.25) is 5.95 Å². The summed E-state index contributed by atoms with van der Waals surface area (Å²) in [6, 6.07) is 13.6. The van der Waals surface area contributed by atoms with Gasteiger partial charge in [-0.25, -0.2) is 9.97 Å². The van der Waals surface area contributed by atoms with E-state index in [1.54, 1.807) is 30.4 Å². The number of hydrogen-bond acceptors (Lipinski definition) is 8. The van der Waals surface area contributed by atoms with Crippen LogP contribution < -0.4 is 10.6 Å². The molecule has 10 heteroatoms. The first kappa shape index (κ1) is 29.0. The smallest absolute Gasteiger partial charge is 0.255 e. The molecule has 0 aliphatic carbocycles. The van der Waals surface area contributed by atoms with Gasteiger partial charge in [0.25, 0.3) is 5.91 Å². The lowest BCUT2D eigenvalue weighted by Gasteiger charge is -2.32. The lowest BCUT2D eigenvalue weighted by atomic mass is 10.0. The van der Waals surface area contributed by atoms with E-state index in [9.17, 15) is 4.79 Å². The van der Waals surface area contributed by atoms with Gasteiger partial charge < -0.3 is 20.3 Å². The number of carbonyl (C=O) groups excluding carboxylic acids is 1. The number of rotatable bonds is 9.